The van der Waals surface area contributed by atoms with Gasteiger partial charge in [-0.25, -0.2) is 9.67 Å². The van der Waals surface area contributed by atoms with Crippen molar-refractivity contribution in [1.29, 1.82) is 0 Å². The number of hydrogen-bond donors (Lipinski definition) is 1. The highest BCUT2D eigenvalue weighted by atomic mass is 16.6. The first-order valence-electron chi connectivity index (χ1n) is 8.89. The van der Waals surface area contributed by atoms with Crippen LogP contribution in [-0.4, -0.2) is 63.1 Å². The van der Waals surface area contributed by atoms with Crippen molar-refractivity contribution in [3.63, 3.8) is 0 Å². The van der Waals surface area contributed by atoms with E-state index in [9.17, 15) is 5.11 Å². The molecule has 2 saturated heterocycles. The molecule has 4 heterocycles. The number of imidazole rings is 1. The second-order valence-corrected chi connectivity index (χ2v) is 6.72. The summed E-state index contributed by atoms with van der Waals surface area (Å²) in [5.74, 6) is 1.52. The minimum atomic E-state index is -0.580. The van der Waals surface area contributed by atoms with Crippen molar-refractivity contribution in [2.24, 2.45) is 0 Å². The molecule has 0 saturated carbocycles. The lowest BCUT2D eigenvalue weighted by molar-refractivity contribution is 0.0172. The Hall–Kier alpha value is -2.68. The molecule has 0 aliphatic carbocycles. The molecule has 2 aliphatic heterocycles. The average Bonchev–Trinajstić information content (AvgIpc) is 3.47. The Morgan fingerprint density at radius 1 is 1.15 bits per heavy atom. The largest absolute Gasteiger partial charge is 0.497 e. The summed E-state index contributed by atoms with van der Waals surface area (Å²) >= 11 is 0. The van der Waals surface area contributed by atoms with E-state index in [4.69, 9.17) is 14.2 Å². The maximum atomic E-state index is 10.0. The number of aromatic nitrogens is 4. The molecule has 1 N–H and O–H groups in total. The van der Waals surface area contributed by atoms with Gasteiger partial charge >= 0.3 is 0 Å². The van der Waals surface area contributed by atoms with E-state index in [2.05, 4.69) is 14.6 Å². The van der Waals surface area contributed by atoms with Gasteiger partial charge < -0.3 is 23.9 Å². The van der Waals surface area contributed by atoms with Gasteiger partial charge in [-0.2, -0.15) is 5.10 Å². The Morgan fingerprint density at radius 3 is 2.85 bits per heavy atom. The summed E-state index contributed by atoms with van der Waals surface area (Å²) in [4.78, 5) is 4.60. The van der Waals surface area contributed by atoms with Crippen LogP contribution in [0.25, 0.3) is 17.1 Å². The van der Waals surface area contributed by atoms with Gasteiger partial charge in [0.25, 0.3) is 0 Å². The Balaban J connectivity index is 1.60. The van der Waals surface area contributed by atoms with Crippen LogP contribution in [0.4, 0.5) is 0 Å². The van der Waals surface area contributed by atoms with Crippen molar-refractivity contribution < 1.29 is 19.3 Å². The van der Waals surface area contributed by atoms with Gasteiger partial charge in [-0.3, -0.25) is 0 Å². The molecule has 8 nitrogen and oxygen atoms in total. The highest BCUT2D eigenvalue weighted by molar-refractivity contribution is 5.70. The highest BCUT2D eigenvalue weighted by Gasteiger charge is 2.48. The van der Waals surface area contributed by atoms with Gasteiger partial charge in [0.15, 0.2) is 0 Å². The molecule has 0 bridgehead atoms. The van der Waals surface area contributed by atoms with Gasteiger partial charge in [-0.1, -0.05) is 0 Å². The Kier molecular flexibility index (Phi) is 3.96. The normalized spacial score (nSPS) is 27.0. The quantitative estimate of drug-likeness (QED) is 0.750. The minimum absolute atomic E-state index is 0.0543. The predicted molar refractivity (Wildman–Crippen MR) is 95.9 cm³/mol. The van der Waals surface area contributed by atoms with Crippen molar-refractivity contribution in [1.82, 2.24) is 19.3 Å². The van der Waals surface area contributed by atoms with E-state index in [-0.39, 0.29) is 18.2 Å². The van der Waals surface area contributed by atoms with Crippen LogP contribution in [0.15, 0.2) is 49.1 Å². The summed E-state index contributed by atoms with van der Waals surface area (Å²) < 4.78 is 20.9. The van der Waals surface area contributed by atoms with E-state index in [1.165, 1.54) is 0 Å². The molecule has 0 amide bonds. The lowest BCUT2D eigenvalue weighted by Gasteiger charge is -2.21. The minimum Gasteiger partial charge on any atom is -0.497 e. The van der Waals surface area contributed by atoms with Crippen LogP contribution in [0.5, 0.6) is 5.75 Å². The Labute approximate surface area is 155 Å². The first kappa shape index (κ1) is 16.5. The molecule has 2 aliphatic rings. The maximum absolute atomic E-state index is 10.0. The van der Waals surface area contributed by atoms with Crippen LogP contribution < -0.4 is 4.74 Å². The molecular weight excluding hydrogens is 348 g/mol. The van der Waals surface area contributed by atoms with Crippen LogP contribution in [0, 0.1) is 0 Å². The van der Waals surface area contributed by atoms with Gasteiger partial charge in [0.1, 0.15) is 29.9 Å². The van der Waals surface area contributed by atoms with Crippen LogP contribution in [-0.2, 0) is 9.47 Å². The number of aliphatic hydroxyl groups excluding tert-OH is 1. The molecule has 4 atom stereocenters. The van der Waals surface area contributed by atoms with E-state index in [0.29, 0.717) is 13.2 Å². The molecule has 2 aromatic heterocycles. The molecule has 1 aromatic carbocycles. The van der Waals surface area contributed by atoms with Crippen molar-refractivity contribution in [3.8, 4) is 22.8 Å². The van der Waals surface area contributed by atoms with Crippen LogP contribution in [0.1, 0.15) is 6.04 Å². The van der Waals surface area contributed by atoms with Crippen LogP contribution in [0.2, 0.25) is 0 Å². The summed E-state index contributed by atoms with van der Waals surface area (Å²) in [6.07, 6.45) is 6.26. The second kappa shape index (κ2) is 6.49. The predicted octanol–water partition coefficient (Wildman–Crippen LogP) is 1.44. The van der Waals surface area contributed by atoms with Crippen molar-refractivity contribution in [2.45, 2.75) is 24.4 Å². The number of fused-ring (bicyclic) bond motifs is 1. The Morgan fingerprint density at radius 2 is 2.04 bits per heavy atom. The Bertz CT molecular complexity index is 939. The van der Waals surface area contributed by atoms with Crippen LogP contribution in [0.3, 0.4) is 0 Å². The first-order valence-corrected chi connectivity index (χ1v) is 8.89. The molecule has 140 valence electrons. The third-order valence-corrected chi connectivity index (χ3v) is 5.22. The number of rotatable bonds is 4. The number of ether oxygens (including phenoxy) is 3. The molecule has 0 spiro atoms. The first-order chi connectivity index (χ1) is 13.3. The summed E-state index contributed by atoms with van der Waals surface area (Å²) in [5, 5.41) is 14.4. The zero-order valence-electron chi connectivity index (χ0n) is 14.8. The number of methoxy groups -OCH3 is 1. The molecule has 8 heteroatoms. The third kappa shape index (κ3) is 2.64. The fourth-order valence-corrected chi connectivity index (χ4v) is 3.92. The highest BCUT2D eigenvalue weighted by Crippen LogP contribution is 2.38. The third-order valence-electron chi connectivity index (χ3n) is 5.22. The summed E-state index contributed by atoms with van der Waals surface area (Å²) in [5.41, 5.74) is 1.79. The smallest absolute Gasteiger partial charge is 0.142 e. The molecule has 0 radical (unpaired) electrons. The van der Waals surface area contributed by atoms with E-state index >= 15 is 0 Å². The van der Waals surface area contributed by atoms with Gasteiger partial charge in [-0.05, 0) is 24.3 Å². The zero-order chi connectivity index (χ0) is 18.4. The fraction of sp³-hybridized carbons (Fsp3) is 0.368. The number of benzene rings is 1. The van der Waals surface area contributed by atoms with Crippen LogP contribution >= 0.6 is 0 Å². The summed E-state index contributed by atoms with van der Waals surface area (Å²) in [7, 11) is 1.64. The average molecular weight is 368 g/mol. The summed E-state index contributed by atoms with van der Waals surface area (Å²) in [6, 6.07) is 7.64. The monoisotopic (exact) mass is 368 g/mol. The molecular formula is C19H20N4O4. The van der Waals surface area contributed by atoms with E-state index in [1.807, 2.05) is 36.7 Å². The van der Waals surface area contributed by atoms with Crippen molar-refractivity contribution in [2.75, 3.05) is 20.3 Å². The van der Waals surface area contributed by atoms with E-state index in [1.54, 1.807) is 24.2 Å². The summed E-state index contributed by atoms with van der Waals surface area (Å²) in [6.45, 7) is 0.768. The topological polar surface area (TPSA) is 83.6 Å². The molecule has 0 unspecified atom stereocenters. The maximum Gasteiger partial charge on any atom is 0.142 e. The fourth-order valence-electron chi connectivity index (χ4n) is 3.92. The lowest BCUT2D eigenvalue weighted by Crippen LogP contribution is -2.30. The SMILES string of the molecule is COc1ccc(-n2cccn2)c(-c2nccn2[C@H]2CO[C@H]3[C@@H]2OC[C@H]3O)c1. The standard InChI is InChI=1S/C19H20N4O4/c1-25-12-3-4-14(23-7-2-5-21-23)13(9-12)19-20-6-8-22(19)15-10-26-18-16(24)11-27-17(15)18/h2-9,15-18,24H,10-11H2,1H3/t15-,16+,17+,18+/m0/s1. The van der Waals surface area contributed by atoms with Gasteiger partial charge in [0.2, 0.25) is 0 Å². The second-order valence-electron chi connectivity index (χ2n) is 6.72. The lowest BCUT2D eigenvalue weighted by atomic mass is 10.1. The van der Waals surface area contributed by atoms with Crippen molar-refractivity contribution in [3.05, 3.63) is 49.1 Å². The molecule has 27 heavy (non-hydrogen) atoms. The van der Waals surface area contributed by atoms with Gasteiger partial charge in [0, 0.05) is 30.4 Å². The number of aliphatic hydroxyl groups is 1. The van der Waals surface area contributed by atoms with Gasteiger partial charge in [0.05, 0.1) is 32.1 Å². The van der Waals surface area contributed by atoms with Gasteiger partial charge in [-0.15, -0.1) is 0 Å². The zero-order valence-corrected chi connectivity index (χ0v) is 14.8. The number of hydrogen-bond acceptors (Lipinski definition) is 6. The van der Waals surface area contributed by atoms with E-state index in [0.717, 1.165) is 22.8 Å². The van der Waals surface area contributed by atoms with E-state index < -0.39 is 6.10 Å². The molecule has 2 fully saturated rings. The number of nitrogens with zero attached hydrogens (tertiary/aromatic N) is 4. The molecule has 3 aromatic rings. The molecule has 5 rings (SSSR count). The van der Waals surface area contributed by atoms with Crippen molar-refractivity contribution >= 4 is 0 Å².